The Morgan fingerprint density at radius 1 is 1.30 bits per heavy atom. The average Bonchev–Trinajstić information content (AvgIpc) is 2.53. The van der Waals surface area contributed by atoms with Crippen LogP contribution in [0.3, 0.4) is 0 Å². The first kappa shape index (κ1) is 15.3. The highest BCUT2D eigenvalue weighted by atomic mass is 16.5. The molecule has 0 spiro atoms. The second-order valence-corrected chi connectivity index (χ2v) is 5.82. The van der Waals surface area contributed by atoms with E-state index in [0.29, 0.717) is 6.04 Å². The molecule has 3 heteroatoms. The molecule has 1 aliphatic rings. The highest BCUT2D eigenvalue weighted by molar-refractivity contribution is 5.27. The van der Waals surface area contributed by atoms with Gasteiger partial charge in [-0.25, -0.2) is 0 Å². The Morgan fingerprint density at radius 3 is 2.65 bits per heavy atom. The van der Waals surface area contributed by atoms with Crippen LogP contribution in [0.2, 0.25) is 0 Å². The summed E-state index contributed by atoms with van der Waals surface area (Å²) in [6.45, 7) is 5.41. The predicted molar refractivity (Wildman–Crippen MR) is 84.1 cm³/mol. The fraction of sp³-hybridized carbons (Fsp3) is 0.647. The highest BCUT2D eigenvalue weighted by Gasteiger charge is 2.26. The number of methoxy groups -OCH3 is 1. The fourth-order valence-corrected chi connectivity index (χ4v) is 3.16. The number of nitrogens with zero attached hydrogens (tertiary/aromatic N) is 1. The summed E-state index contributed by atoms with van der Waals surface area (Å²) in [5, 5.41) is 0. The number of benzene rings is 1. The Hall–Kier alpha value is -1.06. The topological polar surface area (TPSA) is 38.5 Å². The quantitative estimate of drug-likeness (QED) is 0.868. The molecular formula is C17H28N2O. The lowest BCUT2D eigenvalue weighted by Gasteiger charge is -2.38. The molecule has 1 aliphatic heterocycles. The maximum Gasteiger partial charge on any atom is 0.118 e. The van der Waals surface area contributed by atoms with Crippen LogP contribution in [0.5, 0.6) is 5.75 Å². The molecule has 2 rings (SSSR count). The van der Waals surface area contributed by atoms with E-state index in [1.54, 1.807) is 7.11 Å². The summed E-state index contributed by atoms with van der Waals surface area (Å²) in [4.78, 5) is 2.58. The first-order valence-electron chi connectivity index (χ1n) is 7.83. The molecule has 0 amide bonds. The number of hydrogen-bond donors (Lipinski definition) is 1. The average molecular weight is 276 g/mol. The van der Waals surface area contributed by atoms with Gasteiger partial charge in [-0.05, 0) is 49.4 Å². The van der Waals surface area contributed by atoms with Crippen LogP contribution in [0.25, 0.3) is 0 Å². The van der Waals surface area contributed by atoms with Crippen molar-refractivity contribution in [2.24, 2.45) is 11.7 Å². The molecule has 3 nitrogen and oxygen atoms in total. The fourth-order valence-electron chi connectivity index (χ4n) is 3.16. The van der Waals surface area contributed by atoms with Crippen molar-refractivity contribution in [2.45, 2.75) is 38.6 Å². The maximum atomic E-state index is 5.96. The van der Waals surface area contributed by atoms with E-state index in [-0.39, 0.29) is 0 Å². The Bertz CT molecular complexity index is 390. The van der Waals surface area contributed by atoms with Gasteiger partial charge in [-0.3, -0.25) is 4.90 Å². The van der Waals surface area contributed by atoms with Gasteiger partial charge in [-0.2, -0.15) is 0 Å². The van der Waals surface area contributed by atoms with Gasteiger partial charge in [0.1, 0.15) is 5.75 Å². The van der Waals surface area contributed by atoms with Crippen molar-refractivity contribution in [3.8, 4) is 5.75 Å². The Kier molecular flexibility index (Phi) is 5.86. The number of rotatable bonds is 6. The van der Waals surface area contributed by atoms with Crippen LogP contribution in [0, 0.1) is 5.92 Å². The molecule has 2 atom stereocenters. The Morgan fingerprint density at radius 2 is 2.05 bits per heavy atom. The van der Waals surface area contributed by atoms with Gasteiger partial charge in [0.15, 0.2) is 0 Å². The van der Waals surface area contributed by atoms with Crippen LogP contribution in [0.4, 0.5) is 0 Å². The van der Waals surface area contributed by atoms with Crippen molar-refractivity contribution < 1.29 is 4.74 Å². The standard InChI is InChI=1S/C17H28N2O/c1-3-14-8-10-19(16(12-14)13-18)11-9-15-4-6-17(20-2)7-5-15/h4-7,14,16H,3,8-13,18H2,1-2H3. The lowest BCUT2D eigenvalue weighted by molar-refractivity contribution is 0.116. The van der Waals surface area contributed by atoms with Crippen LogP contribution in [0.15, 0.2) is 24.3 Å². The summed E-state index contributed by atoms with van der Waals surface area (Å²) >= 11 is 0. The first-order chi connectivity index (χ1) is 9.76. The molecule has 0 saturated carbocycles. The molecule has 1 aromatic carbocycles. The number of ether oxygens (including phenoxy) is 1. The van der Waals surface area contributed by atoms with Crippen LogP contribution >= 0.6 is 0 Å². The molecule has 0 aliphatic carbocycles. The van der Waals surface area contributed by atoms with Crippen molar-refractivity contribution in [1.82, 2.24) is 4.90 Å². The van der Waals surface area contributed by atoms with Gasteiger partial charge >= 0.3 is 0 Å². The summed E-state index contributed by atoms with van der Waals surface area (Å²) in [6, 6.07) is 8.98. The highest BCUT2D eigenvalue weighted by Crippen LogP contribution is 2.25. The monoisotopic (exact) mass is 276 g/mol. The van der Waals surface area contributed by atoms with Crippen molar-refractivity contribution in [1.29, 1.82) is 0 Å². The van der Waals surface area contributed by atoms with Crippen molar-refractivity contribution >= 4 is 0 Å². The van der Waals surface area contributed by atoms with Crippen LogP contribution in [0.1, 0.15) is 31.7 Å². The molecule has 20 heavy (non-hydrogen) atoms. The minimum atomic E-state index is 0.576. The van der Waals surface area contributed by atoms with E-state index in [9.17, 15) is 0 Å². The van der Waals surface area contributed by atoms with E-state index in [2.05, 4.69) is 24.0 Å². The minimum absolute atomic E-state index is 0.576. The summed E-state index contributed by atoms with van der Waals surface area (Å²) in [7, 11) is 1.71. The van der Waals surface area contributed by atoms with Gasteiger partial charge in [-0.15, -0.1) is 0 Å². The molecule has 1 aromatic rings. The minimum Gasteiger partial charge on any atom is -0.497 e. The van der Waals surface area contributed by atoms with Crippen LogP contribution < -0.4 is 10.5 Å². The van der Waals surface area contributed by atoms with Crippen LogP contribution in [-0.2, 0) is 6.42 Å². The number of likely N-dealkylation sites (tertiary alicyclic amines) is 1. The van der Waals surface area contributed by atoms with E-state index in [1.807, 2.05) is 12.1 Å². The smallest absolute Gasteiger partial charge is 0.118 e. The van der Waals surface area contributed by atoms with E-state index in [1.165, 1.54) is 31.4 Å². The number of piperidine rings is 1. The number of hydrogen-bond acceptors (Lipinski definition) is 3. The van der Waals surface area contributed by atoms with Gasteiger partial charge in [0.25, 0.3) is 0 Å². The first-order valence-corrected chi connectivity index (χ1v) is 7.83. The second kappa shape index (κ2) is 7.65. The Balaban J connectivity index is 1.85. The SMILES string of the molecule is CCC1CCN(CCc2ccc(OC)cc2)C(CN)C1. The molecule has 1 saturated heterocycles. The van der Waals surface area contributed by atoms with Gasteiger partial charge in [-0.1, -0.05) is 25.5 Å². The molecule has 1 fully saturated rings. The normalized spacial score (nSPS) is 23.8. The predicted octanol–water partition coefficient (Wildman–Crippen LogP) is 2.69. The van der Waals surface area contributed by atoms with Gasteiger partial charge in [0, 0.05) is 19.1 Å². The lowest BCUT2D eigenvalue weighted by atomic mass is 9.88. The Labute approximate surface area is 123 Å². The third kappa shape index (κ3) is 3.97. The summed E-state index contributed by atoms with van der Waals surface area (Å²) in [5.74, 6) is 1.80. The zero-order chi connectivity index (χ0) is 14.4. The lowest BCUT2D eigenvalue weighted by Crippen LogP contribution is -2.47. The van der Waals surface area contributed by atoms with Crippen molar-refractivity contribution in [2.75, 3.05) is 26.7 Å². The van der Waals surface area contributed by atoms with Crippen molar-refractivity contribution in [3.63, 3.8) is 0 Å². The van der Waals surface area contributed by atoms with E-state index in [0.717, 1.165) is 31.2 Å². The summed E-state index contributed by atoms with van der Waals surface area (Å²) in [6.07, 6.45) is 4.99. The molecular weight excluding hydrogens is 248 g/mol. The molecule has 0 bridgehead atoms. The third-order valence-electron chi connectivity index (χ3n) is 4.64. The number of nitrogens with two attached hydrogens (primary N) is 1. The van der Waals surface area contributed by atoms with Gasteiger partial charge in [0.2, 0.25) is 0 Å². The zero-order valence-electron chi connectivity index (χ0n) is 12.8. The maximum absolute atomic E-state index is 5.96. The van der Waals surface area contributed by atoms with Gasteiger partial charge < -0.3 is 10.5 Å². The molecule has 1 heterocycles. The van der Waals surface area contributed by atoms with E-state index < -0.39 is 0 Å². The molecule has 2 unspecified atom stereocenters. The second-order valence-electron chi connectivity index (χ2n) is 5.82. The van der Waals surface area contributed by atoms with E-state index in [4.69, 9.17) is 10.5 Å². The molecule has 112 valence electrons. The van der Waals surface area contributed by atoms with Crippen molar-refractivity contribution in [3.05, 3.63) is 29.8 Å². The molecule has 0 radical (unpaired) electrons. The van der Waals surface area contributed by atoms with Gasteiger partial charge in [0.05, 0.1) is 7.11 Å². The molecule has 2 N–H and O–H groups in total. The summed E-state index contributed by atoms with van der Waals surface area (Å²) < 4.78 is 5.20. The largest absolute Gasteiger partial charge is 0.497 e. The summed E-state index contributed by atoms with van der Waals surface area (Å²) in [5.41, 5.74) is 7.33. The zero-order valence-corrected chi connectivity index (χ0v) is 12.8. The third-order valence-corrected chi connectivity index (χ3v) is 4.64. The van der Waals surface area contributed by atoms with Crippen LogP contribution in [-0.4, -0.2) is 37.7 Å². The van der Waals surface area contributed by atoms with E-state index >= 15 is 0 Å². The molecule has 0 aromatic heterocycles.